The Morgan fingerprint density at radius 2 is 2.25 bits per heavy atom. The van der Waals surface area contributed by atoms with Crippen LogP contribution in [0, 0.1) is 6.92 Å². The van der Waals surface area contributed by atoms with Crippen LogP contribution in [0.4, 0.5) is 5.95 Å². The molecule has 0 fully saturated rings. The van der Waals surface area contributed by atoms with Gasteiger partial charge in [0.15, 0.2) is 0 Å². The van der Waals surface area contributed by atoms with Crippen LogP contribution in [0.3, 0.4) is 0 Å². The second-order valence-corrected chi connectivity index (χ2v) is 3.89. The molecule has 0 saturated heterocycles. The number of hydrogen-bond acceptors (Lipinski definition) is 3. The molecule has 2 aromatic heterocycles. The lowest BCUT2D eigenvalue weighted by Crippen LogP contribution is -2.11. The first-order chi connectivity index (χ1) is 7.72. The van der Waals surface area contributed by atoms with E-state index in [0.717, 1.165) is 30.9 Å². The third-order valence-electron chi connectivity index (χ3n) is 2.65. The largest absolute Gasteiger partial charge is 0.369 e. The molecule has 2 rings (SSSR count). The van der Waals surface area contributed by atoms with Crippen molar-refractivity contribution >= 4 is 5.95 Å². The van der Waals surface area contributed by atoms with Gasteiger partial charge in [0.2, 0.25) is 5.95 Å². The minimum atomic E-state index is 0.557. The van der Waals surface area contributed by atoms with Gasteiger partial charge >= 0.3 is 0 Å². The minimum Gasteiger partial charge on any atom is -0.369 e. The zero-order valence-corrected chi connectivity index (χ0v) is 9.72. The summed E-state index contributed by atoms with van der Waals surface area (Å²) in [6.45, 7) is 5.82. The summed E-state index contributed by atoms with van der Waals surface area (Å²) in [7, 11) is 0. The van der Waals surface area contributed by atoms with Crippen molar-refractivity contribution in [3.63, 3.8) is 0 Å². The van der Waals surface area contributed by atoms with Crippen LogP contribution in [-0.4, -0.2) is 19.3 Å². The monoisotopic (exact) mass is 219 g/mol. The molecule has 5 nitrogen and oxygen atoms in total. The predicted octanol–water partition coefficient (Wildman–Crippen LogP) is 1.43. The van der Waals surface area contributed by atoms with E-state index >= 15 is 0 Å². The quantitative estimate of drug-likeness (QED) is 0.846. The van der Waals surface area contributed by atoms with Crippen molar-refractivity contribution in [2.24, 2.45) is 0 Å². The third kappa shape index (κ3) is 1.93. The third-order valence-corrected chi connectivity index (χ3v) is 2.65. The Morgan fingerprint density at radius 1 is 1.44 bits per heavy atom. The fourth-order valence-corrected chi connectivity index (χ4v) is 1.75. The Morgan fingerprint density at radius 3 is 2.88 bits per heavy atom. The van der Waals surface area contributed by atoms with Crippen LogP contribution in [0.5, 0.6) is 0 Å². The fraction of sp³-hybridized carbons (Fsp3) is 0.455. The Bertz CT molecular complexity index is 449. The Hall–Kier alpha value is -1.78. The lowest BCUT2D eigenvalue weighted by Gasteiger charge is -2.09. The molecule has 0 amide bonds. The predicted molar refractivity (Wildman–Crippen MR) is 63.0 cm³/mol. The van der Waals surface area contributed by atoms with Crippen molar-refractivity contribution in [3.8, 4) is 0 Å². The van der Waals surface area contributed by atoms with Crippen LogP contribution in [0.25, 0.3) is 0 Å². The number of aryl methyl sites for hydroxylation is 2. The molecular formula is C11H17N5. The van der Waals surface area contributed by atoms with Gasteiger partial charge in [0, 0.05) is 18.4 Å². The van der Waals surface area contributed by atoms with E-state index in [1.54, 1.807) is 6.20 Å². The molecule has 16 heavy (non-hydrogen) atoms. The Labute approximate surface area is 94.9 Å². The smallest absolute Gasteiger partial charge is 0.200 e. The SMILES string of the molecule is CCCn1nccc1Cn1c(C)cnc1N. The topological polar surface area (TPSA) is 61.7 Å². The van der Waals surface area contributed by atoms with E-state index in [-0.39, 0.29) is 0 Å². The first-order valence-corrected chi connectivity index (χ1v) is 5.50. The van der Waals surface area contributed by atoms with Crippen LogP contribution < -0.4 is 5.73 Å². The minimum absolute atomic E-state index is 0.557. The van der Waals surface area contributed by atoms with Crippen molar-refractivity contribution in [1.82, 2.24) is 19.3 Å². The lowest BCUT2D eigenvalue weighted by atomic mass is 10.4. The molecule has 2 N–H and O–H groups in total. The molecule has 0 radical (unpaired) electrons. The number of nitrogens with two attached hydrogens (primary N) is 1. The zero-order chi connectivity index (χ0) is 11.5. The van der Waals surface area contributed by atoms with Gasteiger partial charge in [0.1, 0.15) is 0 Å². The molecule has 0 unspecified atom stereocenters. The van der Waals surface area contributed by atoms with Gasteiger partial charge in [0.05, 0.1) is 18.4 Å². The van der Waals surface area contributed by atoms with Crippen molar-refractivity contribution in [3.05, 3.63) is 29.8 Å². The average molecular weight is 219 g/mol. The molecule has 5 heteroatoms. The molecule has 0 spiro atoms. The van der Waals surface area contributed by atoms with Crippen molar-refractivity contribution < 1.29 is 0 Å². The second-order valence-electron chi connectivity index (χ2n) is 3.89. The molecule has 0 bridgehead atoms. The Kier molecular flexibility index (Phi) is 2.94. The first kappa shape index (κ1) is 10.7. The second kappa shape index (κ2) is 4.38. The van der Waals surface area contributed by atoms with Gasteiger partial charge in [-0.15, -0.1) is 0 Å². The summed E-state index contributed by atoms with van der Waals surface area (Å²) >= 11 is 0. The highest BCUT2D eigenvalue weighted by Crippen LogP contribution is 2.10. The normalized spacial score (nSPS) is 10.9. The summed E-state index contributed by atoms with van der Waals surface area (Å²) in [5.41, 5.74) is 8.04. The number of rotatable bonds is 4. The summed E-state index contributed by atoms with van der Waals surface area (Å²) in [5, 5.41) is 4.29. The molecule has 0 atom stereocenters. The molecule has 0 saturated carbocycles. The number of nitrogen functional groups attached to an aromatic ring is 1. The average Bonchev–Trinajstić information content (AvgIpc) is 2.81. The molecule has 2 heterocycles. The van der Waals surface area contributed by atoms with Crippen LogP contribution in [0.2, 0.25) is 0 Å². The van der Waals surface area contributed by atoms with Gasteiger partial charge in [-0.05, 0) is 19.4 Å². The van der Waals surface area contributed by atoms with E-state index in [2.05, 4.69) is 17.0 Å². The van der Waals surface area contributed by atoms with E-state index in [4.69, 9.17) is 5.73 Å². The van der Waals surface area contributed by atoms with E-state index in [0.29, 0.717) is 5.95 Å². The maximum atomic E-state index is 5.80. The van der Waals surface area contributed by atoms with E-state index < -0.39 is 0 Å². The fourth-order valence-electron chi connectivity index (χ4n) is 1.75. The highest BCUT2D eigenvalue weighted by Gasteiger charge is 2.07. The summed E-state index contributed by atoms with van der Waals surface area (Å²) < 4.78 is 4.00. The van der Waals surface area contributed by atoms with Gasteiger partial charge in [-0.1, -0.05) is 6.92 Å². The standard InChI is InChI=1S/C11H17N5/c1-3-6-16-10(4-5-14-16)8-15-9(2)7-13-11(15)12/h4-5,7H,3,6,8H2,1-2H3,(H2,12,13). The van der Waals surface area contributed by atoms with E-state index in [1.807, 2.05) is 28.4 Å². The number of aromatic nitrogens is 4. The van der Waals surface area contributed by atoms with Crippen molar-refractivity contribution in [1.29, 1.82) is 0 Å². The summed E-state index contributed by atoms with van der Waals surface area (Å²) in [6.07, 6.45) is 4.69. The van der Waals surface area contributed by atoms with Gasteiger partial charge in [-0.25, -0.2) is 4.98 Å². The number of imidazole rings is 1. The van der Waals surface area contributed by atoms with Gasteiger partial charge in [0.25, 0.3) is 0 Å². The highest BCUT2D eigenvalue weighted by atomic mass is 15.3. The Balaban J connectivity index is 2.23. The number of hydrogen-bond donors (Lipinski definition) is 1. The summed E-state index contributed by atoms with van der Waals surface area (Å²) in [5.74, 6) is 0.557. The molecule has 0 aliphatic heterocycles. The van der Waals surface area contributed by atoms with Crippen LogP contribution >= 0.6 is 0 Å². The van der Waals surface area contributed by atoms with Crippen LogP contribution in [0.15, 0.2) is 18.5 Å². The maximum absolute atomic E-state index is 5.80. The van der Waals surface area contributed by atoms with E-state index in [9.17, 15) is 0 Å². The van der Waals surface area contributed by atoms with Crippen LogP contribution in [0.1, 0.15) is 24.7 Å². The zero-order valence-electron chi connectivity index (χ0n) is 9.72. The van der Waals surface area contributed by atoms with Gasteiger partial charge < -0.3 is 10.3 Å². The molecule has 0 aliphatic carbocycles. The van der Waals surface area contributed by atoms with Gasteiger partial charge in [-0.2, -0.15) is 5.10 Å². The molecule has 86 valence electrons. The molecular weight excluding hydrogens is 202 g/mol. The molecule has 0 aromatic carbocycles. The number of nitrogens with zero attached hydrogens (tertiary/aromatic N) is 4. The number of anilines is 1. The summed E-state index contributed by atoms with van der Waals surface area (Å²) in [4.78, 5) is 4.08. The van der Waals surface area contributed by atoms with Crippen molar-refractivity contribution in [2.75, 3.05) is 5.73 Å². The molecule has 0 aliphatic rings. The molecule has 2 aromatic rings. The van der Waals surface area contributed by atoms with Crippen molar-refractivity contribution in [2.45, 2.75) is 33.4 Å². The van der Waals surface area contributed by atoms with Gasteiger partial charge in [-0.3, -0.25) is 4.68 Å². The highest BCUT2D eigenvalue weighted by molar-refractivity contribution is 5.23. The van der Waals surface area contributed by atoms with E-state index in [1.165, 1.54) is 0 Å². The maximum Gasteiger partial charge on any atom is 0.200 e. The summed E-state index contributed by atoms with van der Waals surface area (Å²) in [6, 6.07) is 2.02. The van der Waals surface area contributed by atoms with Crippen LogP contribution in [-0.2, 0) is 13.1 Å². The lowest BCUT2D eigenvalue weighted by molar-refractivity contribution is 0.560. The first-order valence-electron chi connectivity index (χ1n) is 5.50.